The molecule has 13 heavy (non-hydrogen) atoms. The molecule has 0 spiro atoms. The third-order valence-corrected chi connectivity index (χ3v) is 3.09. The van der Waals surface area contributed by atoms with Gasteiger partial charge in [-0.2, -0.15) is 0 Å². The van der Waals surface area contributed by atoms with Gasteiger partial charge >= 0.3 is 0 Å². The largest absolute Gasteiger partial charge is 0.501 e. The first kappa shape index (κ1) is 9.07. The second-order valence-electron chi connectivity index (χ2n) is 4.19. The van der Waals surface area contributed by atoms with Crippen molar-refractivity contribution < 1.29 is 9.84 Å². The van der Waals surface area contributed by atoms with Gasteiger partial charge in [0.1, 0.15) is 0 Å². The molecule has 0 saturated heterocycles. The summed E-state index contributed by atoms with van der Waals surface area (Å²) in [6.45, 7) is 0. The molecule has 2 fully saturated rings. The van der Waals surface area contributed by atoms with Crippen LogP contribution in [-0.4, -0.2) is 18.3 Å². The number of methoxy groups -OCH3 is 1. The second-order valence-corrected chi connectivity index (χ2v) is 4.19. The van der Waals surface area contributed by atoms with E-state index in [0.29, 0.717) is 5.92 Å². The van der Waals surface area contributed by atoms with E-state index in [0.717, 1.165) is 19.3 Å². The summed E-state index contributed by atoms with van der Waals surface area (Å²) in [6.07, 6.45) is 6.57. The maximum Gasteiger partial charge on any atom is 0.0979 e. The summed E-state index contributed by atoms with van der Waals surface area (Å²) >= 11 is 0. The Hall–Kier alpha value is -0.500. The minimum atomic E-state index is -0.0942. The lowest BCUT2D eigenvalue weighted by molar-refractivity contribution is 0.0902. The summed E-state index contributed by atoms with van der Waals surface area (Å²) < 4.78 is 5.43. The smallest absolute Gasteiger partial charge is 0.0979 e. The van der Waals surface area contributed by atoms with E-state index < -0.39 is 0 Å². The molecule has 2 rings (SSSR count). The predicted octanol–water partition coefficient (Wildman–Crippen LogP) is 2.23. The summed E-state index contributed by atoms with van der Waals surface area (Å²) in [4.78, 5) is 0. The average molecular weight is 182 g/mol. The topological polar surface area (TPSA) is 29.5 Å². The molecule has 0 aromatic heterocycles. The predicted molar refractivity (Wildman–Crippen MR) is 51.2 cm³/mol. The summed E-state index contributed by atoms with van der Waals surface area (Å²) in [7, 11) is 1.77. The van der Waals surface area contributed by atoms with E-state index >= 15 is 0 Å². The fourth-order valence-electron chi connectivity index (χ4n) is 2.31. The van der Waals surface area contributed by atoms with Gasteiger partial charge in [0.25, 0.3) is 0 Å². The average Bonchev–Trinajstić information content (AvgIpc) is 2.90. The number of allylic oxidation sites excluding steroid dienone is 2. The SMILES string of the molecule is COC(=C1CC1)C1CCCC(O)C1. The minimum Gasteiger partial charge on any atom is -0.501 e. The van der Waals surface area contributed by atoms with Crippen LogP contribution in [0.5, 0.6) is 0 Å². The van der Waals surface area contributed by atoms with Crippen LogP contribution in [0.2, 0.25) is 0 Å². The zero-order valence-electron chi connectivity index (χ0n) is 8.25. The first-order valence-electron chi connectivity index (χ1n) is 5.25. The Morgan fingerprint density at radius 1 is 1.38 bits per heavy atom. The molecule has 2 saturated carbocycles. The van der Waals surface area contributed by atoms with Gasteiger partial charge in [-0.25, -0.2) is 0 Å². The molecular formula is C11H18O2. The highest BCUT2D eigenvalue weighted by atomic mass is 16.5. The zero-order chi connectivity index (χ0) is 9.26. The highest BCUT2D eigenvalue weighted by Crippen LogP contribution is 2.40. The Balaban J connectivity index is 2.02. The third-order valence-electron chi connectivity index (χ3n) is 3.09. The van der Waals surface area contributed by atoms with Crippen molar-refractivity contribution >= 4 is 0 Å². The quantitative estimate of drug-likeness (QED) is 0.664. The van der Waals surface area contributed by atoms with Gasteiger partial charge in [0.05, 0.1) is 19.0 Å². The summed E-state index contributed by atoms with van der Waals surface area (Å²) in [6, 6.07) is 0. The molecule has 2 nitrogen and oxygen atoms in total. The van der Waals surface area contributed by atoms with E-state index in [1.54, 1.807) is 7.11 Å². The molecule has 0 heterocycles. The molecule has 2 unspecified atom stereocenters. The molecular weight excluding hydrogens is 164 g/mol. The van der Waals surface area contributed by atoms with E-state index in [1.807, 2.05) is 0 Å². The lowest BCUT2D eigenvalue weighted by Gasteiger charge is -2.27. The van der Waals surface area contributed by atoms with Crippen LogP contribution in [0.15, 0.2) is 11.3 Å². The fraction of sp³-hybridized carbons (Fsp3) is 0.818. The van der Waals surface area contributed by atoms with Crippen molar-refractivity contribution in [1.29, 1.82) is 0 Å². The lowest BCUT2D eigenvalue weighted by atomic mass is 9.85. The standard InChI is InChI=1S/C11H18O2/c1-13-11(8-5-6-8)9-3-2-4-10(12)7-9/h9-10,12H,2-7H2,1H3. The third kappa shape index (κ3) is 2.05. The van der Waals surface area contributed by atoms with E-state index in [-0.39, 0.29) is 6.10 Å². The number of hydrogen-bond donors (Lipinski definition) is 1. The Bertz CT molecular complexity index is 214. The molecule has 0 aromatic rings. The van der Waals surface area contributed by atoms with Crippen molar-refractivity contribution in [2.24, 2.45) is 5.92 Å². The van der Waals surface area contributed by atoms with Crippen molar-refractivity contribution in [2.45, 2.75) is 44.6 Å². The monoisotopic (exact) mass is 182 g/mol. The van der Waals surface area contributed by atoms with Gasteiger partial charge in [-0.05, 0) is 37.7 Å². The van der Waals surface area contributed by atoms with Gasteiger partial charge < -0.3 is 9.84 Å². The Morgan fingerprint density at radius 2 is 2.15 bits per heavy atom. The summed E-state index contributed by atoms with van der Waals surface area (Å²) in [5, 5.41) is 9.55. The molecule has 1 N–H and O–H groups in total. The van der Waals surface area contributed by atoms with Gasteiger partial charge in [-0.3, -0.25) is 0 Å². The van der Waals surface area contributed by atoms with Gasteiger partial charge in [-0.15, -0.1) is 0 Å². The zero-order valence-corrected chi connectivity index (χ0v) is 8.25. The molecule has 2 aliphatic carbocycles. The normalized spacial score (nSPS) is 32.9. The molecule has 2 atom stereocenters. The van der Waals surface area contributed by atoms with E-state index in [4.69, 9.17) is 4.74 Å². The van der Waals surface area contributed by atoms with Crippen LogP contribution in [0.4, 0.5) is 0 Å². The van der Waals surface area contributed by atoms with Crippen LogP contribution < -0.4 is 0 Å². The number of hydrogen-bond acceptors (Lipinski definition) is 2. The number of aliphatic hydroxyl groups excluding tert-OH is 1. The highest BCUT2D eigenvalue weighted by molar-refractivity contribution is 5.23. The van der Waals surface area contributed by atoms with Crippen molar-refractivity contribution in [3.8, 4) is 0 Å². The molecule has 0 radical (unpaired) electrons. The van der Waals surface area contributed by atoms with Crippen LogP contribution in [0.25, 0.3) is 0 Å². The van der Waals surface area contributed by atoms with Gasteiger partial charge in [0.2, 0.25) is 0 Å². The van der Waals surface area contributed by atoms with E-state index in [9.17, 15) is 5.11 Å². The van der Waals surface area contributed by atoms with E-state index in [1.165, 1.54) is 30.6 Å². The van der Waals surface area contributed by atoms with Crippen molar-refractivity contribution in [3.63, 3.8) is 0 Å². The number of aliphatic hydroxyl groups is 1. The van der Waals surface area contributed by atoms with Crippen LogP contribution in [0, 0.1) is 5.92 Å². The van der Waals surface area contributed by atoms with Crippen molar-refractivity contribution in [3.05, 3.63) is 11.3 Å². The Labute approximate surface area is 79.6 Å². The summed E-state index contributed by atoms with van der Waals surface area (Å²) in [5.74, 6) is 1.70. The molecule has 0 aromatic carbocycles. The first-order valence-corrected chi connectivity index (χ1v) is 5.25. The van der Waals surface area contributed by atoms with Gasteiger partial charge in [0.15, 0.2) is 0 Å². The van der Waals surface area contributed by atoms with Crippen molar-refractivity contribution in [1.82, 2.24) is 0 Å². The maximum absolute atomic E-state index is 9.55. The van der Waals surface area contributed by atoms with Crippen LogP contribution in [0.3, 0.4) is 0 Å². The molecule has 74 valence electrons. The fourth-order valence-corrected chi connectivity index (χ4v) is 2.31. The van der Waals surface area contributed by atoms with Crippen LogP contribution in [0.1, 0.15) is 38.5 Å². The number of ether oxygens (including phenoxy) is 1. The number of rotatable bonds is 2. The maximum atomic E-state index is 9.55. The molecule has 2 heteroatoms. The Morgan fingerprint density at radius 3 is 2.69 bits per heavy atom. The molecule has 0 amide bonds. The molecule has 0 bridgehead atoms. The lowest BCUT2D eigenvalue weighted by Crippen LogP contribution is -2.21. The van der Waals surface area contributed by atoms with Crippen LogP contribution in [-0.2, 0) is 4.74 Å². The van der Waals surface area contributed by atoms with Crippen molar-refractivity contribution in [2.75, 3.05) is 7.11 Å². The molecule has 0 aliphatic heterocycles. The van der Waals surface area contributed by atoms with E-state index in [2.05, 4.69) is 0 Å². The molecule has 2 aliphatic rings. The second kappa shape index (κ2) is 3.70. The highest BCUT2D eigenvalue weighted by Gasteiger charge is 2.29. The first-order chi connectivity index (χ1) is 6.31. The van der Waals surface area contributed by atoms with Gasteiger partial charge in [0, 0.05) is 5.92 Å². The Kier molecular flexibility index (Phi) is 2.58. The minimum absolute atomic E-state index is 0.0942. The summed E-state index contributed by atoms with van der Waals surface area (Å²) in [5.41, 5.74) is 1.49. The van der Waals surface area contributed by atoms with Gasteiger partial charge in [-0.1, -0.05) is 6.42 Å². The van der Waals surface area contributed by atoms with Crippen LogP contribution >= 0.6 is 0 Å².